The molecule has 12 nitrogen and oxygen atoms in total. The second-order valence-corrected chi connectivity index (χ2v) is 11.4. The molecule has 41 heavy (non-hydrogen) atoms. The number of amides is 2. The fourth-order valence-electron chi connectivity index (χ4n) is 4.73. The number of fused-ring (bicyclic) bond motifs is 1. The normalized spacial score (nSPS) is 16.0. The van der Waals surface area contributed by atoms with Gasteiger partial charge in [0, 0.05) is 31.6 Å². The summed E-state index contributed by atoms with van der Waals surface area (Å²) < 4.78 is 29.6. The first-order valence-electron chi connectivity index (χ1n) is 12.9. The average Bonchev–Trinajstić information content (AvgIpc) is 2.94. The van der Waals surface area contributed by atoms with Crippen molar-refractivity contribution in [3.63, 3.8) is 0 Å². The van der Waals surface area contributed by atoms with E-state index in [0.717, 1.165) is 10.8 Å². The van der Waals surface area contributed by atoms with E-state index in [1.54, 1.807) is 42.5 Å². The van der Waals surface area contributed by atoms with Crippen LogP contribution in [0, 0.1) is 5.41 Å². The number of carboxylic acid groups (broad SMARTS) is 1. The Balaban J connectivity index is 1.62. The summed E-state index contributed by atoms with van der Waals surface area (Å²) in [5, 5.41) is 21.2. The van der Waals surface area contributed by atoms with E-state index in [2.05, 4.69) is 20.4 Å². The van der Waals surface area contributed by atoms with Crippen molar-refractivity contribution in [2.75, 3.05) is 13.1 Å². The van der Waals surface area contributed by atoms with Gasteiger partial charge in [-0.1, -0.05) is 48.5 Å². The Morgan fingerprint density at radius 2 is 1.83 bits per heavy atom. The predicted octanol–water partition coefficient (Wildman–Crippen LogP) is 2.38. The van der Waals surface area contributed by atoms with Crippen LogP contribution in [-0.4, -0.2) is 67.4 Å². The number of rotatable bonds is 8. The largest absolute Gasteiger partial charge is 0.465 e. The number of carbonyl (C=O) groups excluding carboxylic acids is 2. The van der Waals surface area contributed by atoms with Gasteiger partial charge in [0.15, 0.2) is 5.84 Å². The lowest BCUT2D eigenvalue weighted by Crippen LogP contribution is -2.55. The summed E-state index contributed by atoms with van der Waals surface area (Å²) in [5.74, 6) is -1.32. The van der Waals surface area contributed by atoms with E-state index in [4.69, 9.17) is 10.5 Å². The number of amidine groups is 1. The number of likely N-dealkylation sites (tertiary alicyclic amines) is 1. The molecule has 2 atom stereocenters. The fourth-order valence-corrected chi connectivity index (χ4v) is 5.95. The molecule has 0 bridgehead atoms. The zero-order valence-corrected chi connectivity index (χ0v) is 23.1. The fraction of sp³-hybridized carbons (Fsp3) is 0.286. The molecule has 13 heteroatoms. The van der Waals surface area contributed by atoms with Crippen LogP contribution in [0.1, 0.15) is 30.9 Å². The molecular weight excluding hydrogens is 550 g/mol. The molecule has 0 radical (unpaired) electrons. The molecule has 3 aromatic rings. The van der Waals surface area contributed by atoms with Gasteiger partial charge in [-0.15, -0.1) is 0 Å². The van der Waals surface area contributed by atoms with Crippen molar-refractivity contribution < 1.29 is 32.7 Å². The van der Waals surface area contributed by atoms with Crippen molar-refractivity contribution in [2.45, 2.75) is 43.2 Å². The molecule has 0 saturated carbocycles. The summed E-state index contributed by atoms with van der Waals surface area (Å²) in [7, 11) is -4.15. The second kappa shape index (κ2) is 12.8. The zero-order chi connectivity index (χ0) is 29.6. The number of nitrogens with one attached hydrogen (secondary N) is 4. The van der Waals surface area contributed by atoms with E-state index in [0.29, 0.717) is 30.5 Å². The van der Waals surface area contributed by atoms with Gasteiger partial charge < -0.3 is 20.2 Å². The Hall–Kier alpha value is -4.49. The van der Waals surface area contributed by atoms with E-state index in [9.17, 15) is 22.8 Å². The minimum atomic E-state index is -4.15. The minimum absolute atomic E-state index is 0.000764. The number of hydrogen-bond acceptors (Lipinski definition) is 7. The molecule has 1 fully saturated rings. The summed E-state index contributed by atoms with van der Waals surface area (Å²) >= 11 is 0. The van der Waals surface area contributed by atoms with Gasteiger partial charge in [0.25, 0.3) is 0 Å². The average molecular weight is 582 g/mol. The summed E-state index contributed by atoms with van der Waals surface area (Å²) in [6.45, 7) is 1.64. The van der Waals surface area contributed by atoms with Crippen LogP contribution in [0.3, 0.4) is 0 Å². The van der Waals surface area contributed by atoms with E-state index in [-0.39, 0.29) is 23.7 Å². The van der Waals surface area contributed by atoms with Gasteiger partial charge in [-0.05, 0) is 53.8 Å². The van der Waals surface area contributed by atoms with Crippen LogP contribution in [0.2, 0.25) is 0 Å². The van der Waals surface area contributed by atoms with Crippen LogP contribution in [0.15, 0.2) is 71.6 Å². The number of hydroxylamine groups is 1. The standard InChI is InChI=1S/C28H31N5O7S/c1-18(34)40-31-26(29)22-9-4-6-19(14-22)15-25(27(35)33-13-5-10-23(17-33)30-28(36)37)32-41(38,39)24-12-11-20-7-2-3-8-21(20)16-24/h2-4,6-9,11-12,14,16,23,25,30,32H,5,10,13,15,17H2,1H3,(H2,29,31)(H,36,37). The number of nitrogens with zero attached hydrogens (tertiary/aromatic N) is 1. The SMILES string of the molecule is CC(=O)ONC(=N)c1cccc(CC(NS(=O)(=O)c2ccc3ccccc3c2)C(=O)N2CCCC(NC(=O)O)C2)c1. The van der Waals surface area contributed by atoms with Crippen LogP contribution in [0.5, 0.6) is 0 Å². The van der Waals surface area contributed by atoms with E-state index in [1.165, 1.54) is 24.0 Å². The molecule has 1 aliphatic heterocycles. The number of benzene rings is 3. The lowest BCUT2D eigenvalue weighted by molar-refractivity contribution is -0.145. The monoisotopic (exact) mass is 581 g/mol. The molecule has 0 aromatic heterocycles. The zero-order valence-electron chi connectivity index (χ0n) is 22.3. The number of carbonyl (C=O) groups is 3. The van der Waals surface area contributed by atoms with Crippen LogP contribution in [-0.2, 0) is 30.9 Å². The van der Waals surface area contributed by atoms with E-state index >= 15 is 0 Å². The Bertz CT molecular complexity index is 1580. The van der Waals surface area contributed by atoms with Gasteiger partial charge in [0.05, 0.1) is 4.90 Å². The maximum absolute atomic E-state index is 13.8. The highest BCUT2D eigenvalue weighted by atomic mass is 32.2. The summed E-state index contributed by atoms with van der Waals surface area (Å²) in [6, 6.07) is 16.9. The number of hydrogen-bond donors (Lipinski definition) is 5. The summed E-state index contributed by atoms with van der Waals surface area (Å²) in [6.07, 6.45) is -0.133. The predicted molar refractivity (Wildman–Crippen MR) is 151 cm³/mol. The molecule has 0 spiro atoms. The smallest absolute Gasteiger partial charge is 0.404 e. The number of sulfonamides is 1. The van der Waals surface area contributed by atoms with Crippen molar-refractivity contribution in [2.24, 2.45) is 0 Å². The van der Waals surface area contributed by atoms with Gasteiger partial charge >= 0.3 is 12.1 Å². The molecule has 1 saturated heterocycles. The van der Waals surface area contributed by atoms with Crippen LogP contribution >= 0.6 is 0 Å². The first kappa shape index (κ1) is 29.5. The lowest BCUT2D eigenvalue weighted by atomic mass is 10.0. The molecule has 4 rings (SSSR count). The summed E-state index contributed by atoms with van der Waals surface area (Å²) in [5.41, 5.74) is 3.15. The van der Waals surface area contributed by atoms with E-state index in [1.807, 2.05) is 12.1 Å². The van der Waals surface area contributed by atoms with Gasteiger partial charge in [-0.3, -0.25) is 15.0 Å². The highest BCUT2D eigenvalue weighted by molar-refractivity contribution is 7.89. The lowest BCUT2D eigenvalue weighted by Gasteiger charge is -2.35. The molecular formula is C28H31N5O7S. The van der Waals surface area contributed by atoms with Crippen LogP contribution in [0.4, 0.5) is 4.79 Å². The van der Waals surface area contributed by atoms with Gasteiger partial charge in [0.2, 0.25) is 15.9 Å². The van der Waals surface area contributed by atoms with Crippen LogP contribution in [0.25, 0.3) is 10.8 Å². The molecule has 5 N–H and O–H groups in total. The first-order valence-corrected chi connectivity index (χ1v) is 14.4. The highest BCUT2D eigenvalue weighted by Crippen LogP contribution is 2.21. The third kappa shape index (κ3) is 7.80. The first-order chi connectivity index (χ1) is 19.5. The topological polar surface area (TPSA) is 178 Å². The summed E-state index contributed by atoms with van der Waals surface area (Å²) in [4.78, 5) is 42.2. The van der Waals surface area contributed by atoms with Gasteiger partial charge in [-0.2, -0.15) is 4.72 Å². The Labute approximate surface area is 237 Å². The minimum Gasteiger partial charge on any atom is -0.465 e. The molecule has 2 amide bonds. The quantitative estimate of drug-likeness (QED) is 0.153. The van der Waals surface area contributed by atoms with Crippen molar-refractivity contribution in [3.05, 3.63) is 77.9 Å². The molecule has 216 valence electrons. The highest BCUT2D eigenvalue weighted by Gasteiger charge is 2.33. The third-order valence-corrected chi connectivity index (χ3v) is 8.11. The van der Waals surface area contributed by atoms with Crippen LogP contribution < -0.4 is 15.5 Å². The van der Waals surface area contributed by atoms with Gasteiger partial charge in [0.1, 0.15) is 6.04 Å². The molecule has 1 aliphatic rings. The molecule has 1 heterocycles. The van der Waals surface area contributed by atoms with Crippen molar-refractivity contribution in [1.29, 1.82) is 5.41 Å². The van der Waals surface area contributed by atoms with E-state index < -0.39 is 40.1 Å². The second-order valence-electron chi connectivity index (χ2n) is 9.73. The maximum atomic E-state index is 13.8. The van der Waals surface area contributed by atoms with Crippen molar-refractivity contribution in [1.82, 2.24) is 20.4 Å². The maximum Gasteiger partial charge on any atom is 0.404 e. The Kier molecular flexibility index (Phi) is 9.20. The molecule has 3 aromatic carbocycles. The van der Waals surface area contributed by atoms with Crippen molar-refractivity contribution in [3.8, 4) is 0 Å². The number of piperidine rings is 1. The molecule has 0 aliphatic carbocycles. The third-order valence-electron chi connectivity index (χ3n) is 6.64. The Morgan fingerprint density at radius 1 is 1.07 bits per heavy atom. The Morgan fingerprint density at radius 3 is 2.56 bits per heavy atom. The molecule has 2 unspecified atom stereocenters. The van der Waals surface area contributed by atoms with Gasteiger partial charge in [-0.25, -0.2) is 18.7 Å². The van der Waals surface area contributed by atoms with Crippen molar-refractivity contribution >= 4 is 44.6 Å².